The summed E-state index contributed by atoms with van der Waals surface area (Å²) in [6.07, 6.45) is 0.833. The van der Waals surface area contributed by atoms with Gasteiger partial charge in [0.2, 0.25) is 0 Å². The Labute approximate surface area is 158 Å². The van der Waals surface area contributed by atoms with Crippen LogP contribution in [-0.2, 0) is 17.8 Å². The predicted molar refractivity (Wildman–Crippen MR) is 102 cm³/mol. The van der Waals surface area contributed by atoms with Crippen LogP contribution < -0.4 is 15.4 Å². The number of nitrogens with zero attached hydrogens (tertiary/aromatic N) is 2. The van der Waals surface area contributed by atoms with E-state index in [1.54, 1.807) is 29.2 Å². The van der Waals surface area contributed by atoms with E-state index in [9.17, 15) is 9.59 Å². The zero-order valence-electron chi connectivity index (χ0n) is 15.7. The molecule has 0 atom stereocenters. The number of amides is 2. The minimum atomic E-state index is -0.271. The summed E-state index contributed by atoms with van der Waals surface area (Å²) in [6.45, 7) is 6.64. The number of H-pyrrole nitrogens is 1. The smallest absolute Gasteiger partial charge is 0.276 e. The van der Waals surface area contributed by atoms with E-state index in [1.807, 2.05) is 13.8 Å². The molecule has 0 radical (unpaired) electrons. The number of aromatic amines is 1. The molecule has 0 aliphatic carbocycles. The van der Waals surface area contributed by atoms with Crippen LogP contribution in [0.25, 0.3) is 0 Å². The number of fused-ring (bicyclic) bond motifs is 1. The Balaban J connectivity index is 1.63. The molecule has 0 saturated heterocycles. The molecule has 0 unspecified atom stereocenters. The predicted octanol–water partition coefficient (Wildman–Crippen LogP) is 1.55. The quantitative estimate of drug-likeness (QED) is 0.686. The van der Waals surface area contributed by atoms with Crippen molar-refractivity contribution in [1.29, 1.82) is 0 Å². The van der Waals surface area contributed by atoms with Gasteiger partial charge in [0.15, 0.2) is 12.3 Å². The summed E-state index contributed by atoms with van der Waals surface area (Å²) in [7, 11) is 0. The number of rotatable bonds is 7. The van der Waals surface area contributed by atoms with Crippen LogP contribution in [0.3, 0.4) is 0 Å². The van der Waals surface area contributed by atoms with Crippen molar-refractivity contribution in [2.45, 2.75) is 26.8 Å². The van der Waals surface area contributed by atoms with Gasteiger partial charge in [0.1, 0.15) is 5.75 Å². The van der Waals surface area contributed by atoms with Gasteiger partial charge in [-0.3, -0.25) is 14.7 Å². The van der Waals surface area contributed by atoms with Crippen LogP contribution in [0, 0.1) is 0 Å². The Hall–Kier alpha value is -2.87. The number of carbonyl (C=O) groups excluding carboxylic acids is 2. The molecule has 1 aliphatic heterocycles. The average Bonchev–Trinajstić information content (AvgIpc) is 3.12. The van der Waals surface area contributed by atoms with Gasteiger partial charge in [-0.1, -0.05) is 6.07 Å². The van der Waals surface area contributed by atoms with Gasteiger partial charge in [-0.2, -0.15) is 5.10 Å². The lowest BCUT2D eigenvalue weighted by molar-refractivity contribution is -0.132. The molecule has 0 fully saturated rings. The number of ether oxygens (including phenoxy) is 1. The normalized spacial score (nSPS) is 13.0. The van der Waals surface area contributed by atoms with Crippen molar-refractivity contribution >= 4 is 17.5 Å². The van der Waals surface area contributed by atoms with Gasteiger partial charge in [-0.15, -0.1) is 0 Å². The van der Waals surface area contributed by atoms with Crippen LogP contribution in [0.15, 0.2) is 24.3 Å². The van der Waals surface area contributed by atoms with Crippen molar-refractivity contribution < 1.29 is 14.3 Å². The highest BCUT2D eigenvalue weighted by Gasteiger charge is 2.21. The lowest BCUT2D eigenvalue weighted by Gasteiger charge is -2.18. The minimum absolute atomic E-state index is 0.0301. The second-order valence-electron chi connectivity index (χ2n) is 6.29. The molecule has 8 heteroatoms. The van der Waals surface area contributed by atoms with Crippen LogP contribution in [-0.4, -0.2) is 53.2 Å². The van der Waals surface area contributed by atoms with E-state index in [2.05, 4.69) is 20.8 Å². The molecule has 27 heavy (non-hydrogen) atoms. The van der Waals surface area contributed by atoms with Crippen molar-refractivity contribution in [3.8, 4) is 5.75 Å². The molecule has 1 aliphatic rings. The lowest BCUT2D eigenvalue weighted by Crippen LogP contribution is -2.34. The average molecular weight is 371 g/mol. The number of hydrogen-bond donors (Lipinski definition) is 3. The molecule has 1 aromatic heterocycles. The van der Waals surface area contributed by atoms with E-state index >= 15 is 0 Å². The first-order valence-electron chi connectivity index (χ1n) is 9.21. The van der Waals surface area contributed by atoms with Crippen LogP contribution in [0.5, 0.6) is 5.75 Å². The molecule has 2 heterocycles. The minimum Gasteiger partial charge on any atom is -0.484 e. The van der Waals surface area contributed by atoms with E-state index < -0.39 is 0 Å². The molecular weight excluding hydrogens is 346 g/mol. The van der Waals surface area contributed by atoms with Gasteiger partial charge >= 0.3 is 0 Å². The summed E-state index contributed by atoms with van der Waals surface area (Å²) < 4.78 is 5.58. The summed E-state index contributed by atoms with van der Waals surface area (Å²) in [5.74, 6) is 0.191. The van der Waals surface area contributed by atoms with Crippen molar-refractivity contribution in [1.82, 2.24) is 20.4 Å². The molecule has 1 aromatic carbocycles. The van der Waals surface area contributed by atoms with Crippen LogP contribution in [0.4, 0.5) is 5.69 Å². The maximum Gasteiger partial charge on any atom is 0.276 e. The van der Waals surface area contributed by atoms with Gasteiger partial charge in [-0.25, -0.2) is 0 Å². The van der Waals surface area contributed by atoms with Crippen molar-refractivity contribution in [2.24, 2.45) is 0 Å². The first kappa shape index (κ1) is 18.9. The van der Waals surface area contributed by atoms with E-state index in [0.29, 0.717) is 36.8 Å². The third kappa shape index (κ3) is 4.46. The number of likely N-dealkylation sites (N-methyl/N-ethyl adjacent to an activating group) is 1. The Morgan fingerprint density at radius 2 is 2.11 bits per heavy atom. The third-order valence-electron chi connectivity index (χ3n) is 4.59. The lowest BCUT2D eigenvalue weighted by atomic mass is 10.1. The van der Waals surface area contributed by atoms with Gasteiger partial charge in [0.25, 0.3) is 11.8 Å². The highest BCUT2D eigenvalue weighted by atomic mass is 16.5. The third-order valence-corrected chi connectivity index (χ3v) is 4.59. The maximum absolute atomic E-state index is 12.6. The molecule has 144 valence electrons. The van der Waals surface area contributed by atoms with E-state index in [4.69, 9.17) is 4.74 Å². The Bertz CT molecular complexity index is 813. The molecular formula is C19H25N5O3. The first-order valence-corrected chi connectivity index (χ1v) is 9.21. The number of benzene rings is 1. The largest absolute Gasteiger partial charge is 0.484 e. The summed E-state index contributed by atoms with van der Waals surface area (Å²) in [6, 6.07) is 7.00. The Morgan fingerprint density at radius 1 is 1.30 bits per heavy atom. The maximum atomic E-state index is 12.6. The monoisotopic (exact) mass is 371 g/mol. The molecule has 2 amide bonds. The zero-order chi connectivity index (χ0) is 19.2. The standard InChI is InChI=1S/C19H25N5O3/c1-3-24(4-2)17(25)12-27-14-7-5-6-13(10-14)21-19(26)18-15-11-20-9-8-16(15)22-23-18/h5-7,10,20H,3-4,8-9,11-12H2,1-2H3,(H,21,26)(H,22,23). The van der Waals surface area contributed by atoms with Crippen molar-refractivity contribution in [2.75, 3.05) is 31.6 Å². The van der Waals surface area contributed by atoms with Crippen LogP contribution in [0.1, 0.15) is 35.6 Å². The number of carbonyl (C=O) groups is 2. The van der Waals surface area contributed by atoms with E-state index in [-0.39, 0.29) is 18.4 Å². The van der Waals surface area contributed by atoms with Crippen molar-refractivity contribution in [3.05, 3.63) is 41.2 Å². The van der Waals surface area contributed by atoms with Crippen LogP contribution in [0.2, 0.25) is 0 Å². The number of anilines is 1. The van der Waals surface area contributed by atoms with Gasteiger partial charge in [-0.05, 0) is 26.0 Å². The molecule has 3 N–H and O–H groups in total. The van der Waals surface area contributed by atoms with Crippen molar-refractivity contribution in [3.63, 3.8) is 0 Å². The summed E-state index contributed by atoms with van der Waals surface area (Å²) in [5, 5.41) is 13.2. The van der Waals surface area contributed by atoms with Crippen LogP contribution >= 0.6 is 0 Å². The van der Waals surface area contributed by atoms with Gasteiger partial charge in [0, 0.05) is 55.6 Å². The Kier molecular flexibility index (Phi) is 6.08. The second kappa shape index (κ2) is 8.68. The highest BCUT2D eigenvalue weighted by molar-refractivity contribution is 6.04. The SMILES string of the molecule is CCN(CC)C(=O)COc1cccc(NC(=O)c2n[nH]c3c2CNCC3)c1. The molecule has 0 bridgehead atoms. The van der Waals surface area contributed by atoms with Gasteiger partial charge in [0.05, 0.1) is 0 Å². The highest BCUT2D eigenvalue weighted by Crippen LogP contribution is 2.20. The molecule has 0 saturated carbocycles. The van der Waals surface area contributed by atoms with E-state index in [1.165, 1.54) is 0 Å². The molecule has 2 aromatic rings. The number of hydrogen-bond acceptors (Lipinski definition) is 5. The number of aromatic nitrogens is 2. The fraction of sp³-hybridized carbons (Fsp3) is 0.421. The second-order valence-corrected chi connectivity index (χ2v) is 6.29. The fourth-order valence-corrected chi connectivity index (χ4v) is 3.08. The first-order chi connectivity index (χ1) is 13.1. The summed E-state index contributed by atoms with van der Waals surface area (Å²) in [5.41, 5.74) is 2.91. The molecule has 8 nitrogen and oxygen atoms in total. The molecule has 0 spiro atoms. The molecule has 3 rings (SSSR count). The zero-order valence-corrected chi connectivity index (χ0v) is 15.7. The van der Waals surface area contributed by atoms with Gasteiger partial charge < -0.3 is 20.3 Å². The van der Waals surface area contributed by atoms with E-state index in [0.717, 1.165) is 24.2 Å². The fourth-order valence-electron chi connectivity index (χ4n) is 3.08. The number of nitrogens with one attached hydrogen (secondary N) is 3. The summed E-state index contributed by atoms with van der Waals surface area (Å²) >= 11 is 0. The topological polar surface area (TPSA) is 99.3 Å². The summed E-state index contributed by atoms with van der Waals surface area (Å²) in [4.78, 5) is 26.3. The Morgan fingerprint density at radius 3 is 2.89 bits per heavy atom.